The number of hydrogen-bond acceptors (Lipinski definition) is 4. The average molecular weight is 336 g/mol. The fraction of sp³-hybridized carbons (Fsp3) is 0.105. The number of benzene rings is 2. The fourth-order valence-corrected chi connectivity index (χ4v) is 3.31. The minimum Gasteiger partial charge on any atom is -0.292 e. The van der Waals surface area contributed by atoms with Gasteiger partial charge in [-0.1, -0.05) is 36.4 Å². The quantitative estimate of drug-likeness (QED) is 0.646. The van der Waals surface area contributed by atoms with E-state index in [1.807, 2.05) is 42.6 Å². The first-order chi connectivity index (χ1) is 11.6. The molecule has 0 saturated carbocycles. The van der Waals surface area contributed by atoms with Crippen LogP contribution >= 0.6 is 11.3 Å². The van der Waals surface area contributed by atoms with Crippen LogP contribution in [0.5, 0.6) is 0 Å². The molecule has 0 amide bonds. The summed E-state index contributed by atoms with van der Waals surface area (Å²) in [5.74, 6) is -2.30. The van der Waals surface area contributed by atoms with Crippen LogP contribution in [0.15, 0.2) is 53.9 Å². The van der Waals surface area contributed by atoms with Crippen molar-refractivity contribution in [2.75, 3.05) is 0 Å². The lowest BCUT2D eigenvalue weighted by Gasteiger charge is -2.06. The van der Waals surface area contributed by atoms with E-state index in [1.54, 1.807) is 6.07 Å². The van der Waals surface area contributed by atoms with Gasteiger partial charge in [0.2, 0.25) is 0 Å². The number of carbonyl (C=O) groups excluding carboxylic acids is 1. The Morgan fingerprint density at radius 2 is 1.92 bits per heavy atom. The van der Waals surface area contributed by atoms with Gasteiger partial charge in [-0.2, -0.15) is 5.26 Å². The highest BCUT2D eigenvalue weighted by atomic mass is 32.1. The molecule has 1 aromatic heterocycles. The molecule has 1 unspecified atom stereocenters. The van der Waals surface area contributed by atoms with E-state index < -0.39 is 17.5 Å². The number of thiazole rings is 1. The predicted molar refractivity (Wildman–Crippen MR) is 91.4 cm³/mol. The third-order valence-corrected chi connectivity index (χ3v) is 4.63. The Balaban J connectivity index is 1.96. The number of hydrogen-bond donors (Lipinski definition) is 0. The smallest absolute Gasteiger partial charge is 0.189 e. The van der Waals surface area contributed by atoms with Gasteiger partial charge < -0.3 is 0 Å². The van der Waals surface area contributed by atoms with Gasteiger partial charge in [0.25, 0.3) is 0 Å². The van der Waals surface area contributed by atoms with Crippen LogP contribution in [0, 0.1) is 24.1 Å². The van der Waals surface area contributed by atoms with Crippen LogP contribution < -0.4 is 0 Å². The summed E-state index contributed by atoms with van der Waals surface area (Å²) >= 11 is 1.24. The third-order valence-electron chi connectivity index (χ3n) is 3.72. The van der Waals surface area contributed by atoms with Crippen molar-refractivity contribution < 1.29 is 9.18 Å². The lowest BCUT2D eigenvalue weighted by molar-refractivity contribution is 0.0975. The maximum Gasteiger partial charge on any atom is 0.189 e. The largest absolute Gasteiger partial charge is 0.292 e. The lowest BCUT2D eigenvalue weighted by Crippen LogP contribution is -2.12. The monoisotopic (exact) mass is 336 g/mol. The minimum absolute atomic E-state index is 0.0864. The van der Waals surface area contributed by atoms with Crippen molar-refractivity contribution in [1.29, 1.82) is 5.26 Å². The molecule has 2 aromatic carbocycles. The number of aryl methyl sites for hydroxylation is 1. The molecule has 0 saturated heterocycles. The molecule has 3 nitrogen and oxygen atoms in total. The minimum atomic E-state index is -1.11. The van der Waals surface area contributed by atoms with E-state index in [1.165, 1.54) is 29.5 Å². The highest BCUT2D eigenvalue weighted by Gasteiger charge is 2.27. The molecule has 0 bridgehead atoms. The van der Waals surface area contributed by atoms with Crippen LogP contribution in [0.3, 0.4) is 0 Å². The normalized spacial score (nSPS) is 11.7. The first-order valence-corrected chi connectivity index (χ1v) is 8.19. The van der Waals surface area contributed by atoms with E-state index in [4.69, 9.17) is 0 Å². The molecule has 0 N–H and O–H groups in total. The maximum absolute atomic E-state index is 13.8. The molecule has 3 rings (SSSR count). The standard InChI is InChI=1S/C19H13FN2OS/c1-12-6-2-3-7-13(12)17-11-24-19(22-17)15(10-21)18(23)14-8-4-5-9-16(14)20/h2-9,11,15H,1H3. The lowest BCUT2D eigenvalue weighted by atomic mass is 9.99. The second-order valence-electron chi connectivity index (χ2n) is 5.29. The number of nitriles is 1. The molecular formula is C19H13FN2OS. The summed E-state index contributed by atoms with van der Waals surface area (Å²) in [6.45, 7) is 1.97. The number of halogens is 1. The number of Topliss-reactive ketones (excluding diaryl/α,β-unsaturated/α-hetero) is 1. The van der Waals surface area contributed by atoms with E-state index in [0.717, 1.165) is 16.8 Å². The van der Waals surface area contributed by atoms with Crippen LogP contribution in [0.1, 0.15) is 26.8 Å². The van der Waals surface area contributed by atoms with Crippen molar-refractivity contribution in [3.8, 4) is 17.3 Å². The summed E-state index contributed by atoms with van der Waals surface area (Å²) in [5, 5.41) is 11.6. The van der Waals surface area contributed by atoms with Crippen molar-refractivity contribution in [2.24, 2.45) is 0 Å². The molecule has 0 radical (unpaired) electrons. The summed E-state index contributed by atoms with van der Waals surface area (Å²) in [6, 6.07) is 15.4. The van der Waals surface area contributed by atoms with Gasteiger partial charge in [0.1, 0.15) is 10.8 Å². The zero-order valence-electron chi connectivity index (χ0n) is 12.9. The van der Waals surface area contributed by atoms with Crippen LogP contribution in [0.2, 0.25) is 0 Å². The first-order valence-electron chi connectivity index (χ1n) is 7.31. The molecule has 118 valence electrons. The summed E-state index contributed by atoms with van der Waals surface area (Å²) in [7, 11) is 0. The molecule has 1 atom stereocenters. The Morgan fingerprint density at radius 3 is 2.62 bits per heavy atom. The van der Waals surface area contributed by atoms with Crippen molar-refractivity contribution in [1.82, 2.24) is 4.98 Å². The molecule has 0 aliphatic heterocycles. The summed E-state index contributed by atoms with van der Waals surface area (Å²) < 4.78 is 13.8. The van der Waals surface area contributed by atoms with Crippen molar-refractivity contribution in [3.63, 3.8) is 0 Å². The molecule has 3 aromatic rings. The van der Waals surface area contributed by atoms with Gasteiger partial charge >= 0.3 is 0 Å². The summed E-state index contributed by atoms with van der Waals surface area (Å²) in [4.78, 5) is 17.0. The zero-order valence-corrected chi connectivity index (χ0v) is 13.7. The van der Waals surface area contributed by atoms with E-state index in [2.05, 4.69) is 4.98 Å². The summed E-state index contributed by atoms with van der Waals surface area (Å²) in [6.07, 6.45) is 0. The van der Waals surface area contributed by atoms with Crippen molar-refractivity contribution in [3.05, 3.63) is 75.9 Å². The molecule has 5 heteroatoms. The Morgan fingerprint density at radius 1 is 1.21 bits per heavy atom. The van der Waals surface area contributed by atoms with Gasteiger partial charge in [0, 0.05) is 10.9 Å². The zero-order chi connectivity index (χ0) is 17.1. The van der Waals surface area contributed by atoms with Crippen molar-refractivity contribution >= 4 is 17.1 Å². The molecule has 0 aliphatic carbocycles. The number of nitrogens with zero attached hydrogens (tertiary/aromatic N) is 2. The number of carbonyl (C=O) groups is 1. The Kier molecular flexibility index (Phi) is 4.50. The maximum atomic E-state index is 13.8. The number of rotatable bonds is 4. The highest BCUT2D eigenvalue weighted by molar-refractivity contribution is 7.10. The van der Waals surface area contributed by atoms with Gasteiger partial charge in [-0.3, -0.25) is 4.79 Å². The topological polar surface area (TPSA) is 53.8 Å². The van der Waals surface area contributed by atoms with E-state index in [0.29, 0.717) is 5.01 Å². The molecule has 24 heavy (non-hydrogen) atoms. The second kappa shape index (κ2) is 6.73. The molecule has 0 spiro atoms. The second-order valence-corrected chi connectivity index (χ2v) is 6.18. The van der Waals surface area contributed by atoms with Crippen LogP contribution in [-0.2, 0) is 0 Å². The Hall–Kier alpha value is -2.84. The SMILES string of the molecule is Cc1ccccc1-c1csc(C(C#N)C(=O)c2ccccc2F)n1. The van der Waals surface area contributed by atoms with Crippen LogP contribution in [0.25, 0.3) is 11.3 Å². The van der Waals surface area contributed by atoms with Gasteiger partial charge in [-0.05, 0) is 24.6 Å². The van der Waals surface area contributed by atoms with Crippen LogP contribution in [-0.4, -0.2) is 10.8 Å². The Labute approximate surface area is 143 Å². The number of aromatic nitrogens is 1. The van der Waals surface area contributed by atoms with Gasteiger partial charge in [0.15, 0.2) is 11.7 Å². The van der Waals surface area contributed by atoms with Gasteiger partial charge in [-0.25, -0.2) is 9.37 Å². The van der Waals surface area contributed by atoms with Gasteiger partial charge in [0.05, 0.1) is 17.3 Å². The fourth-order valence-electron chi connectivity index (χ4n) is 2.45. The first kappa shape index (κ1) is 16.0. The number of ketones is 1. The van der Waals surface area contributed by atoms with E-state index in [9.17, 15) is 14.4 Å². The predicted octanol–water partition coefficient (Wildman–Crippen LogP) is 4.75. The molecule has 0 aliphatic rings. The van der Waals surface area contributed by atoms with Gasteiger partial charge in [-0.15, -0.1) is 11.3 Å². The molecule has 0 fully saturated rings. The van der Waals surface area contributed by atoms with E-state index in [-0.39, 0.29) is 5.56 Å². The van der Waals surface area contributed by atoms with Crippen molar-refractivity contribution in [2.45, 2.75) is 12.8 Å². The molecule has 1 heterocycles. The summed E-state index contributed by atoms with van der Waals surface area (Å²) in [5.41, 5.74) is 2.64. The van der Waals surface area contributed by atoms with E-state index >= 15 is 0 Å². The Bertz CT molecular complexity index is 942. The highest BCUT2D eigenvalue weighted by Crippen LogP contribution is 2.30. The average Bonchev–Trinajstić information content (AvgIpc) is 3.05. The van der Waals surface area contributed by atoms with Crippen LogP contribution in [0.4, 0.5) is 4.39 Å². The third kappa shape index (κ3) is 2.97. The molecular weight excluding hydrogens is 323 g/mol.